The highest BCUT2D eigenvalue weighted by atomic mass is 16.5. The number of carbonyl (C=O) groups excluding carboxylic acids is 1. The smallest absolute Gasteiger partial charge is 0.258 e. The number of aromatic nitrogens is 4. The van der Waals surface area contributed by atoms with Crippen LogP contribution in [-0.2, 0) is 4.79 Å². The van der Waals surface area contributed by atoms with Gasteiger partial charge < -0.3 is 24.3 Å². The van der Waals surface area contributed by atoms with Crippen LogP contribution in [-0.4, -0.2) is 59.7 Å². The highest BCUT2D eigenvalue weighted by Gasteiger charge is 2.11. The summed E-state index contributed by atoms with van der Waals surface area (Å²) >= 11 is 0. The van der Waals surface area contributed by atoms with E-state index in [1.807, 2.05) is 24.3 Å². The van der Waals surface area contributed by atoms with Crippen molar-refractivity contribution in [3.8, 4) is 34.5 Å². The van der Waals surface area contributed by atoms with Crippen molar-refractivity contribution < 1.29 is 23.7 Å². The molecule has 2 aromatic heterocycles. The molecule has 0 aliphatic heterocycles. The van der Waals surface area contributed by atoms with Crippen LogP contribution < -0.4 is 24.3 Å². The van der Waals surface area contributed by atoms with Gasteiger partial charge in [0.2, 0.25) is 5.88 Å². The zero-order chi connectivity index (χ0) is 23.0. The topological polar surface area (TPSA) is 109 Å². The molecule has 1 amide bonds. The highest BCUT2D eigenvalue weighted by Crippen LogP contribution is 2.22. The van der Waals surface area contributed by atoms with Crippen molar-refractivity contribution >= 4 is 11.6 Å². The Kier molecular flexibility index (Phi) is 6.84. The summed E-state index contributed by atoms with van der Waals surface area (Å²) in [4.78, 5) is 12.0. The fourth-order valence-corrected chi connectivity index (χ4v) is 3.01. The van der Waals surface area contributed by atoms with E-state index in [9.17, 15) is 4.79 Å². The predicted molar refractivity (Wildman–Crippen MR) is 120 cm³/mol. The number of benzene rings is 2. The molecule has 10 heteroatoms. The van der Waals surface area contributed by atoms with E-state index in [-0.39, 0.29) is 19.1 Å². The normalized spacial score (nSPS) is 10.6. The van der Waals surface area contributed by atoms with Crippen molar-refractivity contribution in [1.82, 2.24) is 25.1 Å². The molecule has 33 heavy (non-hydrogen) atoms. The molecule has 0 fully saturated rings. The van der Waals surface area contributed by atoms with Crippen molar-refractivity contribution in [3.63, 3.8) is 0 Å². The number of amides is 1. The van der Waals surface area contributed by atoms with E-state index >= 15 is 0 Å². The van der Waals surface area contributed by atoms with Gasteiger partial charge in [0.25, 0.3) is 5.91 Å². The molecule has 4 aromatic rings. The quantitative estimate of drug-likeness (QED) is 0.368. The second-order valence-electron chi connectivity index (χ2n) is 6.86. The molecular weight excluding hydrogens is 426 g/mol. The molecule has 0 saturated carbocycles. The first-order chi connectivity index (χ1) is 16.2. The van der Waals surface area contributed by atoms with Gasteiger partial charge >= 0.3 is 0 Å². The van der Waals surface area contributed by atoms with Gasteiger partial charge in [-0.15, -0.1) is 15.3 Å². The predicted octanol–water partition coefficient (Wildman–Crippen LogP) is 2.38. The van der Waals surface area contributed by atoms with E-state index in [0.29, 0.717) is 35.4 Å². The summed E-state index contributed by atoms with van der Waals surface area (Å²) < 4.78 is 23.1. The number of fused-ring (bicyclic) bond motifs is 1. The maximum Gasteiger partial charge on any atom is 0.258 e. The Balaban J connectivity index is 1.29. The molecule has 2 aromatic carbocycles. The summed E-state index contributed by atoms with van der Waals surface area (Å²) in [6.07, 6.45) is 0. The Labute approximate surface area is 190 Å². The SMILES string of the molecule is COc1ccc(-c2nnc3ccc(OCCNC(=O)COc4cccc(OC)c4)nn23)cc1. The van der Waals surface area contributed by atoms with Crippen LogP contribution >= 0.6 is 0 Å². The van der Waals surface area contributed by atoms with Crippen LogP contribution in [0.4, 0.5) is 0 Å². The third-order valence-electron chi connectivity index (χ3n) is 4.67. The minimum Gasteiger partial charge on any atom is -0.497 e. The van der Waals surface area contributed by atoms with Gasteiger partial charge in [-0.05, 0) is 42.5 Å². The first kappa shape index (κ1) is 21.9. The fraction of sp³-hybridized carbons (Fsp3) is 0.217. The second-order valence-corrected chi connectivity index (χ2v) is 6.86. The molecule has 0 radical (unpaired) electrons. The van der Waals surface area contributed by atoms with Gasteiger partial charge in [0, 0.05) is 17.7 Å². The molecule has 0 unspecified atom stereocenters. The lowest BCUT2D eigenvalue weighted by atomic mass is 10.2. The van der Waals surface area contributed by atoms with Crippen molar-refractivity contribution in [3.05, 3.63) is 60.7 Å². The lowest BCUT2D eigenvalue weighted by Gasteiger charge is -2.09. The maximum atomic E-state index is 12.0. The minimum absolute atomic E-state index is 0.108. The van der Waals surface area contributed by atoms with Crippen LogP contribution in [0.5, 0.6) is 23.1 Å². The zero-order valence-electron chi connectivity index (χ0n) is 18.2. The van der Waals surface area contributed by atoms with Crippen LogP contribution in [0.15, 0.2) is 60.7 Å². The van der Waals surface area contributed by atoms with Crippen LogP contribution in [0.25, 0.3) is 17.0 Å². The van der Waals surface area contributed by atoms with Crippen molar-refractivity contribution in [2.45, 2.75) is 0 Å². The molecule has 0 spiro atoms. The minimum atomic E-state index is -0.259. The van der Waals surface area contributed by atoms with Crippen molar-refractivity contribution in [2.75, 3.05) is 34.0 Å². The van der Waals surface area contributed by atoms with Crippen LogP contribution in [0.3, 0.4) is 0 Å². The molecule has 0 aliphatic rings. The summed E-state index contributed by atoms with van der Waals surface area (Å²) in [5.74, 6) is 2.68. The molecule has 0 atom stereocenters. The Morgan fingerprint density at radius 2 is 1.70 bits per heavy atom. The van der Waals surface area contributed by atoms with E-state index < -0.39 is 0 Å². The molecule has 0 aliphatic carbocycles. The van der Waals surface area contributed by atoms with Gasteiger partial charge in [-0.3, -0.25) is 4.79 Å². The second kappa shape index (κ2) is 10.3. The van der Waals surface area contributed by atoms with Crippen molar-refractivity contribution in [2.24, 2.45) is 0 Å². The lowest BCUT2D eigenvalue weighted by Crippen LogP contribution is -2.32. The molecule has 170 valence electrons. The average Bonchev–Trinajstić information content (AvgIpc) is 3.29. The summed E-state index contributed by atoms with van der Waals surface area (Å²) in [6.45, 7) is 0.431. The number of nitrogens with one attached hydrogen (secondary N) is 1. The Morgan fingerprint density at radius 3 is 2.48 bits per heavy atom. The average molecular weight is 449 g/mol. The number of hydrogen-bond acceptors (Lipinski definition) is 8. The van der Waals surface area contributed by atoms with E-state index in [1.165, 1.54) is 0 Å². The van der Waals surface area contributed by atoms with E-state index in [2.05, 4.69) is 20.6 Å². The summed E-state index contributed by atoms with van der Waals surface area (Å²) in [6, 6.07) is 18.0. The molecule has 1 N–H and O–H groups in total. The van der Waals surface area contributed by atoms with Gasteiger partial charge in [-0.2, -0.15) is 4.52 Å². The van der Waals surface area contributed by atoms with E-state index in [0.717, 1.165) is 11.3 Å². The Hall–Kier alpha value is -4.34. The number of ether oxygens (including phenoxy) is 4. The van der Waals surface area contributed by atoms with Gasteiger partial charge in [0.05, 0.1) is 20.8 Å². The first-order valence-corrected chi connectivity index (χ1v) is 10.2. The van der Waals surface area contributed by atoms with E-state index in [4.69, 9.17) is 18.9 Å². The number of rotatable bonds is 10. The van der Waals surface area contributed by atoms with Crippen LogP contribution in [0.2, 0.25) is 0 Å². The molecule has 10 nitrogen and oxygen atoms in total. The summed E-state index contributed by atoms with van der Waals surface area (Å²) in [5, 5.41) is 15.5. The fourth-order valence-electron chi connectivity index (χ4n) is 3.01. The lowest BCUT2D eigenvalue weighted by molar-refractivity contribution is -0.123. The molecule has 2 heterocycles. The number of methoxy groups -OCH3 is 2. The van der Waals surface area contributed by atoms with Gasteiger partial charge in [0.1, 0.15) is 23.9 Å². The van der Waals surface area contributed by atoms with Gasteiger partial charge in [-0.25, -0.2) is 0 Å². The van der Waals surface area contributed by atoms with Crippen molar-refractivity contribution in [1.29, 1.82) is 0 Å². The van der Waals surface area contributed by atoms with Gasteiger partial charge in [-0.1, -0.05) is 6.07 Å². The van der Waals surface area contributed by atoms with Crippen LogP contribution in [0, 0.1) is 0 Å². The molecule has 4 rings (SSSR count). The molecule has 0 bridgehead atoms. The standard InChI is InChI=1S/C23H23N5O5/c1-30-17-8-6-16(7-9-17)23-26-25-20-10-11-22(27-28(20)23)32-13-12-24-21(29)15-33-19-5-3-4-18(14-19)31-2/h3-11,14H,12-13,15H2,1-2H3,(H,24,29). The van der Waals surface area contributed by atoms with E-state index in [1.54, 1.807) is 55.1 Å². The van der Waals surface area contributed by atoms with Crippen LogP contribution in [0.1, 0.15) is 0 Å². The number of nitrogens with zero attached hydrogens (tertiary/aromatic N) is 4. The molecule has 0 saturated heterocycles. The third-order valence-corrected chi connectivity index (χ3v) is 4.67. The summed E-state index contributed by atoms with van der Waals surface area (Å²) in [7, 11) is 3.18. The van der Waals surface area contributed by atoms with Gasteiger partial charge in [0.15, 0.2) is 18.1 Å². The Bertz CT molecular complexity index is 1230. The maximum absolute atomic E-state index is 12.0. The third kappa shape index (κ3) is 5.48. The highest BCUT2D eigenvalue weighted by molar-refractivity contribution is 5.77. The zero-order valence-corrected chi connectivity index (χ0v) is 18.2. The molecular formula is C23H23N5O5. The Morgan fingerprint density at radius 1 is 0.909 bits per heavy atom. The number of hydrogen-bond donors (Lipinski definition) is 1. The summed E-state index contributed by atoms with van der Waals surface area (Å²) in [5.41, 5.74) is 1.44. The largest absolute Gasteiger partial charge is 0.497 e. The number of carbonyl (C=O) groups is 1. The monoisotopic (exact) mass is 449 g/mol. The first-order valence-electron chi connectivity index (χ1n) is 10.2.